The predicted octanol–water partition coefficient (Wildman–Crippen LogP) is 2.96. The number of imide groups is 1. The maximum atomic E-state index is 12.9. The van der Waals surface area contributed by atoms with E-state index in [-0.39, 0.29) is 17.9 Å². The maximum absolute atomic E-state index is 12.9. The number of nitrogens with one attached hydrogen (secondary N) is 1. The molecule has 0 spiro atoms. The Kier molecular flexibility index (Phi) is 6.73. The fourth-order valence-electron chi connectivity index (χ4n) is 5.36. The molecule has 2 aromatic rings. The third-order valence-corrected chi connectivity index (χ3v) is 7.42. The number of hydrogen-bond acceptors (Lipinski definition) is 6. The van der Waals surface area contributed by atoms with E-state index in [9.17, 15) is 19.2 Å². The van der Waals surface area contributed by atoms with Gasteiger partial charge in [0.25, 0.3) is 0 Å². The van der Waals surface area contributed by atoms with Crippen molar-refractivity contribution >= 4 is 23.9 Å². The van der Waals surface area contributed by atoms with Crippen LogP contribution in [-0.4, -0.2) is 57.9 Å². The van der Waals surface area contributed by atoms with Crippen LogP contribution in [0.25, 0.3) is 0 Å². The number of carboxylic acid groups (broad SMARTS) is 1. The molecule has 1 atom stereocenters. The molecule has 3 aliphatic heterocycles. The molecule has 0 saturated carbocycles. The standard InChI is InChI=1S/C27H29N3O6/c31-24-9-8-22(25(32)28-24)30-15-20-2-1-3-23(21(20)16-30)36-26(33)19-6-4-17(5-7-19)14-18-10-12-29(13-11-18)27(34)35/h1-7,18,22H,8-16H2,(H,34,35)(H,28,31,32). The van der Waals surface area contributed by atoms with E-state index in [0.717, 1.165) is 36.0 Å². The first-order valence-corrected chi connectivity index (χ1v) is 12.3. The lowest BCUT2D eigenvalue weighted by atomic mass is 9.90. The monoisotopic (exact) mass is 491 g/mol. The van der Waals surface area contributed by atoms with Crippen LogP contribution in [-0.2, 0) is 29.1 Å². The smallest absolute Gasteiger partial charge is 0.407 e. The van der Waals surface area contributed by atoms with Gasteiger partial charge in [-0.25, -0.2) is 9.59 Å². The van der Waals surface area contributed by atoms with Crippen molar-refractivity contribution in [2.45, 2.75) is 51.2 Å². The number of nitrogens with zero attached hydrogens (tertiary/aromatic N) is 2. The van der Waals surface area contributed by atoms with Gasteiger partial charge in [-0.2, -0.15) is 0 Å². The summed E-state index contributed by atoms with van der Waals surface area (Å²) in [5.41, 5.74) is 3.46. The Labute approximate surface area is 209 Å². The third-order valence-electron chi connectivity index (χ3n) is 7.42. The lowest BCUT2D eigenvalue weighted by Gasteiger charge is -2.30. The number of amides is 3. The molecule has 3 heterocycles. The molecule has 2 saturated heterocycles. The average molecular weight is 492 g/mol. The molecular formula is C27H29N3O6. The number of rotatable bonds is 5. The van der Waals surface area contributed by atoms with Gasteiger partial charge in [-0.05, 0) is 60.9 Å². The second-order valence-electron chi connectivity index (χ2n) is 9.77. The summed E-state index contributed by atoms with van der Waals surface area (Å²) in [6.07, 6.45) is 2.48. The molecule has 9 heteroatoms. The minimum absolute atomic E-state index is 0.239. The van der Waals surface area contributed by atoms with Crippen molar-refractivity contribution in [1.29, 1.82) is 0 Å². The van der Waals surface area contributed by atoms with Crippen LogP contribution in [0.1, 0.15) is 52.7 Å². The zero-order valence-corrected chi connectivity index (χ0v) is 19.9. The predicted molar refractivity (Wildman–Crippen MR) is 129 cm³/mol. The lowest BCUT2D eigenvalue weighted by molar-refractivity contribution is -0.137. The van der Waals surface area contributed by atoms with Gasteiger partial charge in [0, 0.05) is 38.2 Å². The fourth-order valence-corrected chi connectivity index (χ4v) is 5.36. The molecule has 2 fully saturated rings. The van der Waals surface area contributed by atoms with Gasteiger partial charge in [-0.1, -0.05) is 24.3 Å². The van der Waals surface area contributed by atoms with Crippen molar-refractivity contribution in [2.75, 3.05) is 13.1 Å². The van der Waals surface area contributed by atoms with Crippen LogP contribution in [0.3, 0.4) is 0 Å². The van der Waals surface area contributed by atoms with E-state index in [1.807, 2.05) is 29.2 Å². The highest BCUT2D eigenvalue weighted by Gasteiger charge is 2.36. The second kappa shape index (κ2) is 10.1. The summed E-state index contributed by atoms with van der Waals surface area (Å²) < 4.78 is 5.77. The first-order chi connectivity index (χ1) is 17.4. The van der Waals surface area contributed by atoms with E-state index in [0.29, 0.717) is 56.3 Å². The Morgan fingerprint density at radius 2 is 1.75 bits per heavy atom. The van der Waals surface area contributed by atoms with E-state index in [1.54, 1.807) is 18.2 Å². The molecule has 0 aromatic heterocycles. The Bertz CT molecular complexity index is 1190. The number of ether oxygens (including phenoxy) is 1. The number of piperidine rings is 2. The van der Waals surface area contributed by atoms with Crippen LogP contribution < -0.4 is 10.1 Å². The van der Waals surface area contributed by atoms with Crippen LogP contribution in [0.4, 0.5) is 4.79 Å². The highest BCUT2D eigenvalue weighted by atomic mass is 16.5. The number of likely N-dealkylation sites (tertiary alicyclic amines) is 1. The van der Waals surface area contributed by atoms with Crippen molar-refractivity contribution in [3.63, 3.8) is 0 Å². The summed E-state index contributed by atoms with van der Waals surface area (Å²) in [5, 5.41) is 11.5. The largest absolute Gasteiger partial charge is 0.465 e. The normalized spacial score (nSPS) is 20.7. The maximum Gasteiger partial charge on any atom is 0.407 e. The van der Waals surface area contributed by atoms with Gasteiger partial charge >= 0.3 is 12.1 Å². The van der Waals surface area contributed by atoms with E-state index >= 15 is 0 Å². The first kappa shape index (κ1) is 24.0. The van der Waals surface area contributed by atoms with Gasteiger partial charge in [0.15, 0.2) is 0 Å². The summed E-state index contributed by atoms with van der Waals surface area (Å²) in [7, 11) is 0. The molecule has 0 bridgehead atoms. The molecular weight excluding hydrogens is 462 g/mol. The Morgan fingerprint density at radius 1 is 1.00 bits per heavy atom. The van der Waals surface area contributed by atoms with Crippen molar-refractivity contribution in [3.8, 4) is 5.75 Å². The van der Waals surface area contributed by atoms with Crippen LogP contribution >= 0.6 is 0 Å². The van der Waals surface area contributed by atoms with Gasteiger partial charge < -0.3 is 14.7 Å². The lowest BCUT2D eigenvalue weighted by Crippen LogP contribution is -2.50. The van der Waals surface area contributed by atoms with Crippen LogP contribution in [0, 0.1) is 5.92 Å². The summed E-state index contributed by atoms with van der Waals surface area (Å²) in [6, 6.07) is 12.6. The van der Waals surface area contributed by atoms with E-state index < -0.39 is 12.1 Å². The number of hydrogen-bond donors (Lipinski definition) is 2. The number of carbonyl (C=O) groups is 4. The van der Waals surface area contributed by atoms with Crippen LogP contribution in [0.2, 0.25) is 0 Å². The number of esters is 1. The quantitative estimate of drug-likeness (QED) is 0.375. The van der Waals surface area contributed by atoms with Crippen molar-refractivity contribution in [3.05, 3.63) is 64.7 Å². The van der Waals surface area contributed by atoms with Gasteiger partial charge in [0.05, 0.1) is 11.6 Å². The number of carbonyl (C=O) groups excluding carboxylic acids is 3. The van der Waals surface area contributed by atoms with Crippen molar-refractivity contribution < 1.29 is 29.0 Å². The topological polar surface area (TPSA) is 116 Å². The fraction of sp³-hybridized carbons (Fsp3) is 0.407. The van der Waals surface area contributed by atoms with Crippen molar-refractivity contribution in [1.82, 2.24) is 15.1 Å². The molecule has 188 valence electrons. The Balaban J connectivity index is 1.19. The van der Waals surface area contributed by atoms with Crippen LogP contribution in [0.5, 0.6) is 5.75 Å². The van der Waals surface area contributed by atoms with Crippen molar-refractivity contribution in [2.24, 2.45) is 5.92 Å². The number of benzene rings is 2. The first-order valence-electron chi connectivity index (χ1n) is 12.3. The minimum Gasteiger partial charge on any atom is -0.465 e. The zero-order valence-electron chi connectivity index (χ0n) is 19.9. The summed E-state index contributed by atoms with van der Waals surface area (Å²) >= 11 is 0. The highest BCUT2D eigenvalue weighted by molar-refractivity contribution is 6.00. The van der Waals surface area contributed by atoms with Gasteiger partial charge in [-0.15, -0.1) is 0 Å². The van der Waals surface area contributed by atoms with Gasteiger partial charge in [-0.3, -0.25) is 19.8 Å². The van der Waals surface area contributed by atoms with Gasteiger partial charge in [0.1, 0.15) is 5.75 Å². The summed E-state index contributed by atoms with van der Waals surface area (Å²) in [5.74, 6) is -0.0364. The minimum atomic E-state index is -0.857. The molecule has 2 aromatic carbocycles. The Hall–Kier alpha value is -3.72. The van der Waals surface area contributed by atoms with Gasteiger partial charge in [0.2, 0.25) is 11.8 Å². The molecule has 2 N–H and O–H groups in total. The van der Waals surface area contributed by atoms with E-state index in [1.165, 1.54) is 4.90 Å². The second-order valence-corrected chi connectivity index (χ2v) is 9.77. The molecule has 3 aliphatic rings. The summed E-state index contributed by atoms with van der Waals surface area (Å²) in [6.45, 7) is 2.16. The molecule has 1 unspecified atom stereocenters. The highest BCUT2D eigenvalue weighted by Crippen LogP contribution is 2.34. The average Bonchev–Trinajstić information content (AvgIpc) is 3.30. The Morgan fingerprint density at radius 3 is 2.44 bits per heavy atom. The van der Waals surface area contributed by atoms with E-state index in [4.69, 9.17) is 9.84 Å². The summed E-state index contributed by atoms with van der Waals surface area (Å²) in [4.78, 5) is 51.2. The molecule has 0 radical (unpaired) electrons. The van der Waals surface area contributed by atoms with E-state index in [2.05, 4.69) is 5.32 Å². The van der Waals surface area contributed by atoms with Crippen LogP contribution in [0.15, 0.2) is 42.5 Å². The molecule has 0 aliphatic carbocycles. The number of fused-ring (bicyclic) bond motifs is 1. The molecule has 3 amide bonds. The zero-order chi connectivity index (χ0) is 25.2. The third kappa shape index (κ3) is 5.11. The molecule has 5 rings (SSSR count). The molecule has 9 nitrogen and oxygen atoms in total. The SMILES string of the molecule is O=C1CCC(N2Cc3cccc(OC(=O)c4ccc(CC5CCN(C(=O)O)CC5)cc4)c3C2)C(=O)N1. The molecule has 36 heavy (non-hydrogen) atoms.